The van der Waals surface area contributed by atoms with Crippen molar-refractivity contribution in [2.75, 3.05) is 32.9 Å². The van der Waals surface area contributed by atoms with Crippen molar-refractivity contribution in [3.63, 3.8) is 0 Å². The van der Waals surface area contributed by atoms with Gasteiger partial charge in [-0.25, -0.2) is 0 Å². The molecule has 0 saturated carbocycles. The van der Waals surface area contributed by atoms with E-state index in [0.29, 0.717) is 19.8 Å². The van der Waals surface area contributed by atoms with Gasteiger partial charge in [0.15, 0.2) is 5.96 Å². The second-order valence-corrected chi connectivity index (χ2v) is 7.09. The lowest BCUT2D eigenvalue weighted by Gasteiger charge is -2.20. The van der Waals surface area contributed by atoms with E-state index in [9.17, 15) is 0 Å². The Bertz CT molecular complexity index is 689. The molecule has 0 radical (unpaired) electrons. The highest BCUT2D eigenvalue weighted by Gasteiger charge is 2.17. The number of hydrogen-bond donors (Lipinski definition) is 2. The van der Waals surface area contributed by atoms with Gasteiger partial charge in [0.25, 0.3) is 0 Å². The first-order chi connectivity index (χ1) is 13.8. The fraction of sp³-hybridized carbons (Fsp3) is 0.500. The van der Waals surface area contributed by atoms with Crippen molar-refractivity contribution in [1.29, 1.82) is 0 Å². The van der Waals surface area contributed by atoms with Gasteiger partial charge in [-0.15, -0.1) is 24.0 Å². The predicted molar refractivity (Wildman–Crippen MR) is 126 cm³/mol. The Labute approximate surface area is 190 Å². The van der Waals surface area contributed by atoms with Crippen LogP contribution in [-0.4, -0.2) is 51.0 Å². The van der Waals surface area contributed by atoms with Gasteiger partial charge in [-0.3, -0.25) is 4.99 Å². The molecule has 0 spiro atoms. The summed E-state index contributed by atoms with van der Waals surface area (Å²) in [6.07, 6.45) is 4.62. The number of halogens is 1. The molecule has 1 aliphatic rings. The minimum atomic E-state index is 0. The Balaban J connectivity index is 0.00000300. The number of furan rings is 1. The van der Waals surface area contributed by atoms with Gasteiger partial charge in [0.05, 0.1) is 25.6 Å². The molecular weight excluding hydrogens is 481 g/mol. The van der Waals surface area contributed by atoms with E-state index in [4.69, 9.17) is 18.9 Å². The Kier molecular flexibility index (Phi) is 11.1. The third-order valence-electron chi connectivity index (χ3n) is 4.61. The first kappa shape index (κ1) is 23.7. The second-order valence-electron chi connectivity index (χ2n) is 7.09. The molecule has 1 aromatic heterocycles. The molecule has 1 saturated heterocycles. The summed E-state index contributed by atoms with van der Waals surface area (Å²) in [5.41, 5.74) is 1.31. The van der Waals surface area contributed by atoms with Crippen molar-refractivity contribution in [1.82, 2.24) is 10.6 Å². The molecular formula is C22H32IN3O3. The highest BCUT2D eigenvalue weighted by molar-refractivity contribution is 14.0. The van der Waals surface area contributed by atoms with Gasteiger partial charge >= 0.3 is 0 Å². The van der Waals surface area contributed by atoms with E-state index >= 15 is 0 Å². The molecule has 1 aromatic carbocycles. The minimum Gasteiger partial charge on any atom is -0.469 e. The molecule has 0 aliphatic carbocycles. The molecule has 2 unspecified atom stereocenters. The van der Waals surface area contributed by atoms with Crippen molar-refractivity contribution in [2.24, 2.45) is 4.99 Å². The van der Waals surface area contributed by atoms with Crippen LogP contribution >= 0.6 is 24.0 Å². The second kappa shape index (κ2) is 13.6. The molecule has 1 aliphatic heterocycles. The number of aliphatic imine (C=N–C) groups is 1. The first-order valence-corrected chi connectivity index (χ1v) is 10.1. The molecule has 29 heavy (non-hydrogen) atoms. The lowest BCUT2D eigenvalue weighted by atomic mass is 10.1. The number of nitrogens with one attached hydrogen (secondary N) is 2. The highest BCUT2D eigenvalue weighted by atomic mass is 127. The quantitative estimate of drug-likeness (QED) is 0.290. The van der Waals surface area contributed by atoms with Crippen LogP contribution in [0.25, 0.3) is 0 Å². The van der Waals surface area contributed by atoms with Crippen molar-refractivity contribution in [3.05, 3.63) is 60.1 Å². The van der Waals surface area contributed by atoms with E-state index in [1.54, 1.807) is 6.26 Å². The number of benzene rings is 1. The summed E-state index contributed by atoms with van der Waals surface area (Å²) in [5, 5.41) is 6.88. The SMILES string of the molecule is CC(COC1CCOC1)NC(=NCCc1ccco1)NCCc1ccccc1.I. The maximum atomic E-state index is 5.92. The summed E-state index contributed by atoms with van der Waals surface area (Å²) in [5.74, 6) is 1.76. The number of nitrogens with zero attached hydrogens (tertiary/aromatic N) is 1. The lowest BCUT2D eigenvalue weighted by Crippen LogP contribution is -2.45. The Morgan fingerprint density at radius 3 is 2.79 bits per heavy atom. The van der Waals surface area contributed by atoms with Crippen molar-refractivity contribution in [2.45, 2.75) is 38.3 Å². The molecule has 7 heteroatoms. The fourth-order valence-corrected chi connectivity index (χ4v) is 3.06. The smallest absolute Gasteiger partial charge is 0.191 e. The zero-order chi connectivity index (χ0) is 19.4. The van der Waals surface area contributed by atoms with Crippen molar-refractivity contribution < 1.29 is 13.9 Å². The fourth-order valence-electron chi connectivity index (χ4n) is 3.06. The largest absolute Gasteiger partial charge is 0.469 e. The third-order valence-corrected chi connectivity index (χ3v) is 4.61. The zero-order valence-electron chi connectivity index (χ0n) is 17.0. The van der Waals surface area contributed by atoms with Crippen LogP contribution in [0.4, 0.5) is 0 Å². The third kappa shape index (κ3) is 9.18. The van der Waals surface area contributed by atoms with E-state index in [2.05, 4.69) is 41.8 Å². The summed E-state index contributed by atoms with van der Waals surface area (Å²) in [7, 11) is 0. The van der Waals surface area contributed by atoms with Gasteiger partial charge in [-0.05, 0) is 37.5 Å². The summed E-state index contributed by atoms with van der Waals surface area (Å²) in [6.45, 7) is 5.72. The van der Waals surface area contributed by atoms with Crippen molar-refractivity contribution >= 4 is 29.9 Å². The Hall–Kier alpha value is -1.58. The molecule has 6 nitrogen and oxygen atoms in total. The van der Waals surface area contributed by atoms with Gasteiger partial charge in [0, 0.05) is 32.2 Å². The van der Waals surface area contributed by atoms with Crippen molar-refractivity contribution in [3.8, 4) is 0 Å². The van der Waals surface area contributed by atoms with E-state index in [0.717, 1.165) is 44.1 Å². The van der Waals surface area contributed by atoms with Crippen LogP contribution in [0.3, 0.4) is 0 Å². The Morgan fingerprint density at radius 2 is 2.07 bits per heavy atom. The zero-order valence-corrected chi connectivity index (χ0v) is 19.3. The summed E-state index contributed by atoms with van der Waals surface area (Å²) in [6, 6.07) is 14.5. The van der Waals surface area contributed by atoms with Crippen LogP contribution in [0, 0.1) is 0 Å². The summed E-state index contributed by atoms with van der Waals surface area (Å²) >= 11 is 0. The number of ether oxygens (including phenoxy) is 2. The molecule has 0 bridgehead atoms. The van der Waals surface area contributed by atoms with Gasteiger partial charge in [-0.2, -0.15) is 0 Å². The molecule has 2 N–H and O–H groups in total. The standard InChI is InChI=1S/C22H31N3O3.HI/c1-18(16-28-21-11-15-26-17-21)25-22(24-13-10-20-8-5-14-27-20)23-12-9-19-6-3-2-4-7-19;/h2-8,14,18,21H,9-13,15-17H2,1H3,(H2,23,24,25);1H. The van der Waals surface area contributed by atoms with E-state index in [1.165, 1.54) is 5.56 Å². The summed E-state index contributed by atoms with van der Waals surface area (Å²) < 4.78 is 16.7. The van der Waals surface area contributed by atoms with Crippen LogP contribution in [-0.2, 0) is 22.3 Å². The Morgan fingerprint density at radius 1 is 1.21 bits per heavy atom. The molecule has 2 heterocycles. The van der Waals surface area contributed by atoms with Gasteiger partial charge in [-0.1, -0.05) is 30.3 Å². The molecule has 3 rings (SSSR count). The molecule has 2 aromatic rings. The van der Waals surface area contributed by atoms with Crippen LogP contribution in [0.2, 0.25) is 0 Å². The van der Waals surface area contributed by atoms with Crippen LogP contribution in [0.5, 0.6) is 0 Å². The number of hydrogen-bond acceptors (Lipinski definition) is 4. The topological polar surface area (TPSA) is 68.0 Å². The van der Waals surface area contributed by atoms with Gasteiger partial charge in [0.1, 0.15) is 5.76 Å². The summed E-state index contributed by atoms with van der Waals surface area (Å²) in [4.78, 5) is 4.70. The normalized spacial score (nSPS) is 17.6. The molecule has 0 amide bonds. The minimum absolute atomic E-state index is 0. The first-order valence-electron chi connectivity index (χ1n) is 10.1. The van der Waals surface area contributed by atoms with E-state index in [-0.39, 0.29) is 36.1 Å². The molecule has 160 valence electrons. The molecule has 1 fully saturated rings. The maximum Gasteiger partial charge on any atom is 0.191 e. The predicted octanol–water partition coefficient (Wildman–Crippen LogP) is 3.41. The van der Waals surface area contributed by atoms with Crippen LogP contribution in [0.15, 0.2) is 58.1 Å². The number of rotatable bonds is 10. The van der Waals surface area contributed by atoms with Gasteiger partial charge in [0.2, 0.25) is 0 Å². The monoisotopic (exact) mass is 513 g/mol. The van der Waals surface area contributed by atoms with Crippen LogP contribution in [0.1, 0.15) is 24.7 Å². The van der Waals surface area contributed by atoms with E-state index in [1.807, 2.05) is 18.2 Å². The average molecular weight is 513 g/mol. The lowest BCUT2D eigenvalue weighted by molar-refractivity contribution is 0.0347. The number of guanidine groups is 1. The molecule has 2 atom stereocenters. The highest BCUT2D eigenvalue weighted by Crippen LogP contribution is 2.08. The van der Waals surface area contributed by atoms with E-state index < -0.39 is 0 Å². The maximum absolute atomic E-state index is 5.92. The van der Waals surface area contributed by atoms with Gasteiger partial charge < -0.3 is 24.5 Å². The van der Waals surface area contributed by atoms with Crippen LogP contribution < -0.4 is 10.6 Å². The average Bonchev–Trinajstić information content (AvgIpc) is 3.41.